The van der Waals surface area contributed by atoms with Crippen LogP contribution in [0.3, 0.4) is 0 Å². The van der Waals surface area contributed by atoms with Crippen molar-refractivity contribution in [1.29, 1.82) is 0 Å². The Morgan fingerprint density at radius 2 is 0.941 bits per heavy atom. The van der Waals surface area contributed by atoms with Crippen molar-refractivity contribution in [1.82, 2.24) is 0 Å². The summed E-state index contributed by atoms with van der Waals surface area (Å²) in [5.41, 5.74) is 0.481. The Kier molecular flexibility index (Phi) is 14.4. The molecule has 0 saturated carbocycles. The first-order valence-corrected chi connectivity index (χ1v) is 6.64. The Morgan fingerprint density at radius 1 is 0.765 bits per heavy atom. The van der Waals surface area contributed by atoms with Gasteiger partial charge in [0.1, 0.15) is 0 Å². The molecule has 0 aliphatic heterocycles. The molecule has 0 atom stereocenters. The SMILES string of the molecule is CC(C)(C)CC(O)CC(C)(C)C.CCC.CO. The fraction of sp³-hybridized carbons (Fsp3) is 1.00. The van der Waals surface area contributed by atoms with Gasteiger partial charge in [0, 0.05) is 7.11 Å². The molecule has 17 heavy (non-hydrogen) atoms. The first-order chi connectivity index (χ1) is 7.52. The van der Waals surface area contributed by atoms with E-state index in [1.54, 1.807) is 0 Å². The van der Waals surface area contributed by atoms with E-state index in [0.717, 1.165) is 20.0 Å². The van der Waals surface area contributed by atoms with Crippen LogP contribution in [0.25, 0.3) is 0 Å². The molecule has 2 heteroatoms. The summed E-state index contributed by atoms with van der Waals surface area (Å²) >= 11 is 0. The topological polar surface area (TPSA) is 40.5 Å². The zero-order valence-electron chi connectivity index (χ0n) is 13.6. The van der Waals surface area contributed by atoms with Gasteiger partial charge in [0.05, 0.1) is 6.10 Å². The van der Waals surface area contributed by atoms with E-state index in [0.29, 0.717) is 0 Å². The maximum absolute atomic E-state index is 9.72. The fourth-order valence-corrected chi connectivity index (χ4v) is 1.49. The minimum Gasteiger partial charge on any atom is -0.400 e. The number of hydrogen-bond donors (Lipinski definition) is 2. The van der Waals surface area contributed by atoms with Gasteiger partial charge in [-0.2, -0.15) is 0 Å². The molecule has 2 nitrogen and oxygen atoms in total. The molecule has 0 aromatic heterocycles. The molecule has 0 aromatic carbocycles. The van der Waals surface area contributed by atoms with E-state index in [9.17, 15) is 5.11 Å². The molecule has 108 valence electrons. The largest absolute Gasteiger partial charge is 0.400 e. The lowest BCUT2D eigenvalue weighted by Gasteiger charge is -2.27. The zero-order valence-corrected chi connectivity index (χ0v) is 13.6. The summed E-state index contributed by atoms with van der Waals surface area (Å²) in [6, 6.07) is 0. The van der Waals surface area contributed by atoms with Crippen LogP contribution in [0.1, 0.15) is 74.7 Å². The second-order valence-corrected chi connectivity index (χ2v) is 6.89. The third-order valence-corrected chi connectivity index (χ3v) is 1.70. The lowest BCUT2D eigenvalue weighted by atomic mass is 9.82. The highest BCUT2D eigenvalue weighted by atomic mass is 16.3. The zero-order chi connectivity index (χ0) is 14.7. The minimum atomic E-state index is -0.148. The third-order valence-electron chi connectivity index (χ3n) is 1.70. The van der Waals surface area contributed by atoms with Crippen molar-refractivity contribution in [2.24, 2.45) is 10.8 Å². The van der Waals surface area contributed by atoms with Crippen LogP contribution < -0.4 is 0 Å². The fourth-order valence-electron chi connectivity index (χ4n) is 1.49. The summed E-state index contributed by atoms with van der Waals surface area (Å²) in [6.45, 7) is 17.2. The summed E-state index contributed by atoms with van der Waals surface area (Å²) in [5.74, 6) is 0. The van der Waals surface area contributed by atoms with E-state index in [1.807, 2.05) is 0 Å². The average molecular weight is 248 g/mol. The second-order valence-electron chi connectivity index (χ2n) is 6.89. The quantitative estimate of drug-likeness (QED) is 0.767. The average Bonchev–Trinajstić information content (AvgIpc) is 2.01. The Morgan fingerprint density at radius 3 is 1.06 bits per heavy atom. The van der Waals surface area contributed by atoms with Crippen LogP contribution in [0.5, 0.6) is 0 Å². The lowest BCUT2D eigenvalue weighted by Crippen LogP contribution is -2.22. The highest BCUT2D eigenvalue weighted by molar-refractivity contribution is 4.73. The predicted octanol–water partition coefficient (Wildman–Crippen LogP) is 4.24. The first kappa shape index (κ1) is 22.1. The molecule has 0 aliphatic rings. The summed E-state index contributed by atoms with van der Waals surface area (Å²) in [7, 11) is 1.00. The molecular weight excluding hydrogens is 212 g/mol. The van der Waals surface area contributed by atoms with E-state index in [-0.39, 0.29) is 16.9 Å². The molecule has 0 radical (unpaired) electrons. The van der Waals surface area contributed by atoms with Gasteiger partial charge in [-0.3, -0.25) is 0 Å². The van der Waals surface area contributed by atoms with Gasteiger partial charge < -0.3 is 10.2 Å². The van der Waals surface area contributed by atoms with E-state index < -0.39 is 0 Å². The number of aliphatic hydroxyl groups is 2. The second kappa shape index (κ2) is 11.0. The van der Waals surface area contributed by atoms with Crippen LogP contribution in [0.2, 0.25) is 0 Å². The Balaban J connectivity index is -0.000000337. The summed E-state index contributed by atoms with van der Waals surface area (Å²) in [6.07, 6.45) is 2.89. The van der Waals surface area contributed by atoms with Gasteiger partial charge in [-0.1, -0.05) is 61.8 Å². The molecule has 0 fully saturated rings. The van der Waals surface area contributed by atoms with Crippen LogP contribution in [-0.4, -0.2) is 23.4 Å². The molecule has 2 N–H and O–H groups in total. The Bertz CT molecular complexity index is 124. The molecule has 0 spiro atoms. The predicted molar refractivity (Wildman–Crippen MR) is 78.3 cm³/mol. The van der Waals surface area contributed by atoms with Crippen molar-refractivity contribution >= 4 is 0 Å². The van der Waals surface area contributed by atoms with Gasteiger partial charge in [0.25, 0.3) is 0 Å². The van der Waals surface area contributed by atoms with Gasteiger partial charge in [-0.15, -0.1) is 0 Å². The van der Waals surface area contributed by atoms with Crippen LogP contribution in [0.4, 0.5) is 0 Å². The van der Waals surface area contributed by atoms with E-state index in [1.165, 1.54) is 6.42 Å². The smallest absolute Gasteiger partial charge is 0.0550 e. The van der Waals surface area contributed by atoms with E-state index >= 15 is 0 Å². The van der Waals surface area contributed by atoms with Crippen LogP contribution >= 0.6 is 0 Å². The molecule has 0 aliphatic carbocycles. The van der Waals surface area contributed by atoms with Crippen molar-refractivity contribution in [2.75, 3.05) is 7.11 Å². The molecule has 0 saturated heterocycles. The number of aliphatic hydroxyl groups excluding tert-OH is 2. The molecule has 0 bridgehead atoms. The van der Waals surface area contributed by atoms with Crippen molar-refractivity contribution in [3.8, 4) is 0 Å². The van der Waals surface area contributed by atoms with Crippen LogP contribution in [0, 0.1) is 10.8 Å². The standard InChI is InChI=1S/C11H24O.C3H8.CH4O/c1-10(2,3)7-9(12)8-11(4,5)6;1-3-2;1-2/h9,12H,7-8H2,1-6H3;3H2,1-2H3;2H,1H3. The van der Waals surface area contributed by atoms with Gasteiger partial charge in [-0.05, 0) is 23.7 Å². The normalized spacial score (nSPS) is 11.3. The first-order valence-electron chi connectivity index (χ1n) is 6.64. The monoisotopic (exact) mass is 248 g/mol. The molecule has 0 amide bonds. The van der Waals surface area contributed by atoms with Crippen molar-refractivity contribution in [3.63, 3.8) is 0 Å². The maximum atomic E-state index is 9.72. The van der Waals surface area contributed by atoms with Gasteiger partial charge in [-0.25, -0.2) is 0 Å². The third kappa shape index (κ3) is 31.3. The molecule has 0 unspecified atom stereocenters. The maximum Gasteiger partial charge on any atom is 0.0550 e. The number of rotatable bonds is 2. The lowest BCUT2D eigenvalue weighted by molar-refractivity contribution is 0.0807. The highest BCUT2D eigenvalue weighted by Gasteiger charge is 2.21. The molecular formula is C15H36O2. The summed E-state index contributed by atoms with van der Waals surface area (Å²) in [5, 5.41) is 16.7. The van der Waals surface area contributed by atoms with E-state index in [4.69, 9.17) is 5.11 Å². The summed E-state index contributed by atoms with van der Waals surface area (Å²) in [4.78, 5) is 0. The minimum absolute atomic E-state index is 0.148. The number of hydrogen-bond acceptors (Lipinski definition) is 2. The van der Waals surface area contributed by atoms with Gasteiger partial charge >= 0.3 is 0 Å². The Hall–Kier alpha value is -0.0800. The highest BCUT2D eigenvalue weighted by Crippen LogP contribution is 2.28. The molecule has 0 aromatic rings. The van der Waals surface area contributed by atoms with Crippen molar-refractivity contribution < 1.29 is 10.2 Å². The molecule has 0 heterocycles. The van der Waals surface area contributed by atoms with Gasteiger partial charge in [0.2, 0.25) is 0 Å². The van der Waals surface area contributed by atoms with Crippen LogP contribution in [-0.2, 0) is 0 Å². The molecule has 0 rings (SSSR count). The van der Waals surface area contributed by atoms with E-state index in [2.05, 4.69) is 55.4 Å². The summed E-state index contributed by atoms with van der Waals surface area (Å²) < 4.78 is 0. The van der Waals surface area contributed by atoms with Crippen molar-refractivity contribution in [3.05, 3.63) is 0 Å². The van der Waals surface area contributed by atoms with Crippen LogP contribution in [0.15, 0.2) is 0 Å². The van der Waals surface area contributed by atoms with Crippen molar-refractivity contribution in [2.45, 2.75) is 80.8 Å². The van der Waals surface area contributed by atoms with Gasteiger partial charge in [0.15, 0.2) is 0 Å². The Labute approximate surface area is 109 Å².